The van der Waals surface area contributed by atoms with Crippen molar-refractivity contribution < 1.29 is 9.47 Å². The van der Waals surface area contributed by atoms with Crippen molar-refractivity contribution in [3.63, 3.8) is 0 Å². The van der Waals surface area contributed by atoms with E-state index in [1.165, 1.54) is 18.4 Å². The van der Waals surface area contributed by atoms with Crippen LogP contribution in [0.1, 0.15) is 31.2 Å². The lowest BCUT2D eigenvalue weighted by molar-refractivity contribution is 0.323. The molecule has 2 N–H and O–H groups in total. The van der Waals surface area contributed by atoms with E-state index in [4.69, 9.17) is 15.2 Å². The first-order valence-corrected chi connectivity index (χ1v) is 6.69. The molecule has 0 aromatic heterocycles. The van der Waals surface area contributed by atoms with Gasteiger partial charge in [0.2, 0.25) is 0 Å². The number of nitrogens with two attached hydrogens (primary N) is 1. The Morgan fingerprint density at radius 1 is 1.06 bits per heavy atom. The molecule has 3 heteroatoms. The predicted molar refractivity (Wildman–Crippen MR) is 73.2 cm³/mol. The van der Waals surface area contributed by atoms with Gasteiger partial charge in [0.25, 0.3) is 0 Å². The molecule has 0 heterocycles. The average Bonchev–Trinajstić information content (AvgIpc) is 2.41. The molecule has 100 valence electrons. The van der Waals surface area contributed by atoms with Crippen LogP contribution in [0.5, 0.6) is 11.5 Å². The van der Waals surface area contributed by atoms with Crippen LogP contribution in [0.15, 0.2) is 18.2 Å². The topological polar surface area (TPSA) is 44.5 Å². The van der Waals surface area contributed by atoms with Crippen LogP contribution in [-0.4, -0.2) is 20.3 Å². The minimum absolute atomic E-state index is 0.423. The fraction of sp³-hybridized carbons (Fsp3) is 0.600. The van der Waals surface area contributed by atoms with E-state index < -0.39 is 0 Å². The summed E-state index contributed by atoms with van der Waals surface area (Å²) in [5.74, 6) is 2.39. The van der Waals surface area contributed by atoms with Gasteiger partial charge >= 0.3 is 0 Å². The number of hydrogen-bond acceptors (Lipinski definition) is 3. The molecule has 1 aliphatic carbocycles. The number of rotatable bonds is 4. The smallest absolute Gasteiger partial charge is 0.160 e. The maximum absolute atomic E-state index is 5.94. The zero-order valence-electron chi connectivity index (χ0n) is 11.3. The van der Waals surface area contributed by atoms with Crippen molar-refractivity contribution in [1.82, 2.24) is 0 Å². The van der Waals surface area contributed by atoms with E-state index in [2.05, 4.69) is 12.1 Å². The second-order valence-corrected chi connectivity index (χ2v) is 5.17. The first kappa shape index (κ1) is 13.2. The van der Waals surface area contributed by atoms with Crippen molar-refractivity contribution in [1.29, 1.82) is 0 Å². The van der Waals surface area contributed by atoms with Gasteiger partial charge in [-0.25, -0.2) is 0 Å². The van der Waals surface area contributed by atoms with E-state index in [1.807, 2.05) is 6.07 Å². The minimum Gasteiger partial charge on any atom is -0.493 e. The Morgan fingerprint density at radius 2 is 1.72 bits per heavy atom. The van der Waals surface area contributed by atoms with Gasteiger partial charge in [0.05, 0.1) is 14.2 Å². The Bertz CT molecular complexity index is 384. The number of methoxy groups -OCH3 is 2. The van der Waals surface area contributed by atoms with Gasteiger partial charge in [-0.1, -0.05) is 6.07 Å². The Kier molecular flexibility index (Phi) is 4.48. The van der Waals surface area contributed by atoms with Crippen molar-refractivity contribution in [2.45, 2.75) is 38.1 Å². The van der Waals surface area contributed by atoms with Crippen LogP contribution < -0.4 is 15.2 Å². The highest BCUT2D eigenvalue weighted by molar-refractivity contribution is 5.43. The van der Waals surface area contributed by atoms with Gasteiger partial charge < -0.3 is 15.2 Å². The van der Waals surface area contributed by atoms with Crippen molar-refractivity contribution >= 4 is 0 Å². The summed E-state index contributed by atoms with van der Waals surface area (Å²) in [5.41, 5.74) is 7.26. The third kappa shape index (κ3) is 3.16. The SMILES string of the molecule is COc1ccc(CC2CCC(N)CC2)cc1OC. The predicted octanol–water partition coefficient (Wildman–Crippen LogP) is 2.76. The highest BCUT2D eigenvalue weighted by Crippen LogP contribution is 2.31. The molecule has 0 aliphatic heterocycles. The quantitative estimate of drug-likeness (QED) is 0.892. The van der Waals surface area contributed by atoms with Crippen LogP contribution >= 0.6 is 0 Å². The molecule has 2 rings (SSSR count). The standard InChI is InChI=1S/C15H23NO2/c1-17-14-8-5-12(10-15(14)18-2)9-11-3-6-13(16)7-4-11/h5,8,10-11,13H,3-4,6-7,9,16H2,1-2H3. The van der Waals surface area contributed by atoms with Gasteiger partial charge in [0.1, 0.15) is 0 Å². The van der Waals surface area contributed by atoms with E-state index in [9.17, 15) is 0 Å². The zero-order valence-corrected chi connectivity index (χ0v) is 11.3. The summed E-state index contributed by atoms with van der Waals surface area (Å²) in [5, 5.41) is 0. The molecule has 0 bridgehead atoms. The summed E-state index contributed by atoms with van der Waals surface area (Å²) in [6.45, 7) is 0. The lowest BCUT2D eigenvalue weighted by Gasteiger charge is -2.26. The lowest BCUT2D eigenvalue weighted by atomic mass is 9.83. The molecule has 0 atom stereocenters. The van der Waals surface area contributed by atoms with Crippen LogP contribution in [0.25, 0.3) is 0 Å². The molecule has 3 nitrogen and oxygen atoms in total. The Labute approximate surface area is 109 Å². The Morgan fingerprint density at radius 3 is 2.33 bits per heavy atom. The van der Waals surface area contributed by atoms with E-state index in [0.29, 0.717) is 6.04 Å². The highest BCUT2D eigenvalue weighted by Gasteiger charge is 2.19. The summed E-state index contributed by atoms with van der Waals surface area (Å²) >= 11 is 0. The molecule has 1 aromatic carbocycles. The van der Waals surface area contributed by atoms with Crippen LogP contribution in [0, 0.1) is 5.92 Å². The first-order chi connectivity index (χ1) is 8.72. The summed E-state index contributed by atoms with van der Waals surface area (Å²) in [6, 6.07) is 6.64. The maximum Gasteiger partial charge on any atom is 0.160 e. The molecule has 18 heavy (non-hydrogen) atoms. The molecule has 0 radical (unpaired) electrons. The molecule has 0 spiro atoms. The largest absolute Gasteiger partial charge is 0.493 e. The van der Waals surface area contributed by atoms with E-state index in [-0.39, 0.29) is 0 Å². The lowest BCUT2D eigenvalue weighted by Crippen LogP contribution is -2.27. The van der Waals surface area contributed by atoms with Gasteiger partial charge in [-0.05, 0) is 55.7 Å². The summed E-state index contributed by atoms with van der Waals surface area (Å²) in [4.78, 5) is 0. The normalized spacial score (nSPS) is 23.7. The molecule has 1 aromatic rings. The van der Waals surface area contributed by atoms with Gasteiger partial charge in [-0.3, -0.25) is 0 Å². The van der Waals surface area contributed by atoms with Crippen LogP contribution in [-0.2, 0) is 6.42 Å². The second kappa shape index (κ2) is 6.10. The molecule has 0 saturated heterocycles. The van der Waals surface area contributed by atoms with Gasteiger partial charge in [0, 0.05) is 6.04 Å². The molecular weight excluding hydrogens is 226 g/mol. The number of benzene rings is 1. The van der Waals surface area contributed by atoms with E-state index in [0.717, 1.165) is 36.7 Å². The maximum atomic E-state index is 5.94. The van der Waals surface area contributed by atoms with E-state index >= 15 is 0 Å². The Hall–Kier alpha value is -1.22. The van der Waals surface area contributed by atoms with Crippen molar-refractivity contribution in [2.75, 3.05) is 14.2 Å². The number of ether oxygens (including phenoxy) is 2. The molecule has 1 fully saturated rings. The minimum atomic E-state index is 0.423. The molecular formula is C15H23NO2. The Balaban J connectivity index is 2.01. The van der Waals surface area contributed by atoms with Crippen molar-refractivity contribution in [3.05, 3.63) is 23.8 Å². The van der Waals surface area contributed by atoms with Crippen LogP contribution in [0.3, 0.4) is 0 Å². The molecule has 1 saturated carbocycles. The van der Waals surface area contributed by atoms with Crippen molar-refractivity contribution in [2.24, 2.45) is 11.7 Å². The van der Waals surface area contributed by atoms with E-state index in [1.54, 1.807) is 14.2 Å². The van der Waals surface area contributed by atoms with Crippen LogP contribution in [0.4, 0.5) is 0 Å². The molecule has 1 aliphatic rings. The van der Waals surface area contributed by atoms with Crippen LogP contribution in [0.2, 0.25) is 0 Å². The fourth-order valence-electron chi connectivity index (χ4n) is 2.73. The van der Waals surface area contributed by atoms with Gasteiger partial charge in [-0.15, -0.1) is 0 Å². The monoisotopic (exact) mass is 249 g/mol. The fourth-order valence-corrected chi connectivity index (χ4v) is 2.73. The molecule has 0 amide bonds. The van der Waals surface area contributed by atoms with Crippen molar-refractivity contribution in [3.8, 4) is 11.5 Å². The van der Waals surface area contributed by atoms with Gasteiger partial charge in [0.15, 0.2) is 11.5 Å². The summed E-state index contributed by atoms with van der Waals surface area (Å²) < 4.78 is 10.6. The second-order valence-electron chi connectivity index (χ2n) is 5.17. The zero-order chi connectivity index (χ0) is 13.0. The third-order valence-electron chi connectivity index (χ3n) is 3.86. The highest BCUT2D eigenvalue weighted by atomic mass is 16.5. The van der Waals surface area contributed by atoms with Gasteiger partial charge in [-0.2, -0.15) is 0 Å². The summed E-state index contributed by atoms with van der Waals surface area (Å²) in [6.07, 6.45) is 5.94. The molecule has 0 unspecified atom stereocenters. The summed E-state index contributed by atoms with van der Waals surface area (Å²) in [7, 11) is 3.35. The third-order valence-corrected chi connectivity index (χ3v) is 3.86. The number of hydrogen-bond donors (Lipinski definition) is 1. The average molecular weight is 249 g/mol. The first-order valence-electron chi connectivity index (χ1n) is 6.69.